The summed E-state index contributed by atoms with van der Waals surface area (Å²) in [4.78, 5) is 26.2. The zero-order chi connectivity index (χ0) is 20.3. The van der Waals surface area contributed by atoms with E-state index in [0.717, 1.165) is 12.8 Å². The number of hydrogen-bond donors (Lipinski definition) is 2. The zero-order valence-electron chi connectivity index (χ0n) is 16.2. The van der Waals surface area contributed by atoms with Crippen LogP contribution in [0.2, 0.25) is 0 Å². The Balaban J connectivity index is 1.63. The maximum Gasteiger partial charge on any atom is 0.409 e. The summed E-state index contributed by atoms with van der Waals surface area (Å²) >= 11 is 0. The van der Waals surface area contributed by atoms with Crippen molar-refractivity contribution in [2.75, 3.05) is 19.7 Å². The van der Waals surface area contributed by atoms with Gasteiger partial charge in [0.25, 0.3) is 5.91 Å². The highest BCUT2D eigenvalue weighted by Gasteiger charge is 2.29. The quantitative estimate of drug-likeness (QED) is 0.745. The van der Waals surface area contributed by atoms with E-state index in [9.17, 15) is 18.0 Å². The smallest absolute Gasteiger partial charge is 0.409 e. The first kappa shape index (κ1) is 20.6. The number of nitrogens with one attached hydrogen (secondary N) is 2. The number of rotatable bonds is 6. The molecule has 8 nitrogen and oxygen atoms in total. The van der Waals surface area contributed by atoms with Crippen molar-refractivity contribution in [2.45, 2.75) is 56.5 Å². The molecular formula is C19H27N3O5S. The van der Waals surface area contributed by atoms with Gasteiger partial charge in [-0.3, -0.25) is 4.79 Å². The number of amides is 2. The van der Waals surface area contributed by atoms with E-state index in [1.165, 1.54) is 12.1 Å². The van der Waals surface area contributed by atoms with Gasteiger partial charge in [0.2, 0.25) is 10.0 Å². The van der Waals surface area contributed by atoms with Crippen molar-refractivity contribution in [3.63, 3.8) is 0 Å². The van der Waals surface area contributed by atoms with E-state index in [0.29, 0.717) is 43.7 Å². The second kappa shape index (κ2) is 8.48. The maximum atomic E-state index is 12.7. The molecule has 2 N–H and O–H groups in total. The normalized spacial score (nSPS) is 18.0. The molecule has 3 rings (SSSR count). The Morgan fingerprint density at radius 3 is 2.43 bits per heavy atom. The lowest BCUT2D eigenvalue weighted by molar-refractivity contribution is 0.0859. The predicted octanol–water partition coefficient (Wildman–Crippen LogP) is 1.79. The fourth-order valence-electron chi connectivity index (χ4n) is 3.19. The van der Waals surface area contributed by atoms with Crippen molar-refractivity contribution >= 4 is 22.0 Å². The minimum atomic E-state index is -3.61. The van der Waals surface area contributed by atoms with Crippen LogP contribution in [-0.4, -0.2) is 57.1 Å². The third-order valence-electron chi connectivity index (χ3n) is 5.02. The molecule has 2 fully saturated rings. The third kappa shape index (κ3) is 5.02. The largest absolute Gasteiger partial charge is 0.450 e. The van der Waals surface area contributed by atoms with Crippen molar-refractivity contribution in [1.29, 1.82) is 0 Å². The average molecular weight is 410 g/mol. The molecule has 9 heteroatoms. The number of carbonyl (C=O) groups is 2. The lowest BCUT2D eigenvalue weighted by Gasteiger charge is -2.31. The molecule has 2 amide bonds. The topological polar surface area (TPSA) is 105 Å². The van der Waals surface area contributed by atoms with Crippen LogP contribution < -0.4 is 10.0 Å². The van der Waals surface area contributed by atoms with Crippen molar-refractivity contribution < 1.29 is 22.7 Å². The molecule has 2 aliphatic rings. The summed E-state index contributed by atoms with van der Waals surface area (Å²) < 4.78 is 32.5. The van der Waals surface area contributed by atoms with Gasteiger partial charge in [0, 0.05) is 30.7 Å². The number of nitrogens with zero attached hydrogens (tertiary/aromatic N) is 1. The lowest BCUT2D eigenvalue weighted by Crippen LogP contribution is -2.46. The number of aryl methyl sites for hydroxylation is 1. The van der Waals surface area contributed by atoms with Crippen LogP contribution in [0.3, 0.4) is 0 Å². The monoisotopic (exact) mass is 409 g/mol. The van der Waals surface area contributed by atoms with Crippen LogP contribution in [0.15, 0.2) is 23.1 Å². The van der Waals surface area contributed by atoms with E-state index in [4.69, 9.17) is 4.74 Å². The molecule has 0 spiro atoms. The SMILES string of the molecule is CCOC(=O)N1CCC(NC(=O)c2cc(S(=O)(=O)NC3CC3)ccc2C)CC1. The molecule has 1 saturated carbocycles. The highest BCUT2D eigenvalue weighted by molar-refractivity contribution is 7.89. The summed E-state index contributed by atoms with van der Waals surface area (Å²) in [7, 11) is -3.61. The van der Waals surface area contributed by atoms with Crippen molar-refractivity contribution in [1.82, 2.24) is 14.9 Å². The fourth-order valence-corrected chi connectivity index (χ4v) is 4.52. The molecule has 0 radical (unpaired) electrons. The van der Waals surface area contributed by atoms with Crippen molar-refractivity contribution in [3.8, 4) is 0 Å². The van der Waals surface area contributed by atoms with Crippen LogP contribution in [-0.2, 0) is 14.8 Å². The van der Waals surface area contributed by atoms with E-state index in [2.05, 4.69) is 10.0 Å². The molecule has 1 aliphatic heterocycles. The lowest BCUT2D eigenvalue weighted by atomic mass is 10.0. The van der Waals surface area contributed by atoms with Gasteiger partial charge < -0.3 is 15.0 Å². The Morgan fingerprint density at radius 1 is 1.14 bits per heavy atom. The maximum absolute atomic E-state index is 12.7. The number of hydrogen-bond acceptors (Lipinski definition) is 5. The van der Waals surface area contributed by atoms with E-state index in [1.54, 1.807) is 24.8 Å². The molecule has 1 aliphatic carbocycles. The summed E-state index contributed by atoms with van der Waals surface area (Å²) in [6, 6.07) is 4.55. The number of benzene rings is 1. The summed E-state index contributed by atoms with van der Waals surface area (Å²) in [5.41, 5.74) is 1.07. The summed E-state index contributed by atoms with van der Waals surface area (Å²) in [5, 5.41) is 2.97. The van der Waals surface area contributed by atoms with Gasteiger partial charge in [-0.1, -0.05) is 6.07 Å². The fraction of sp³-hybridized carbons (Fsp3) is 0.579. The highest BCUT2D eigenvalue weighted by atomic mass is 32.2. The first-order valence-corrected chi connectivity index (χ1v) is 11.1. The second-order valence-electron chi connectivity index (χ2n) is 7.31. The molecule has 1 aromatic carbocycles. The van der Waals surface area contributed by atoms with Gasteiger partial charge in [0.05, 0.1) is 11.5 Å². The third-order valence-corrected chi connectivity index (χ3v) is 6.54. The summed E-state index contributed by atoms with van der Waals surface area (Å²) in [5.74, 6) is -0.296. The van der Waals surface area contributed by atoms with E-state index in [1.807, 2.05) is 0 Å². The number of sulfonamides is 1. The highest BCUT2D eigenvalue weighted by Crippen LogP contribution is 2.23. The molecule has 0 atom stereocenters. The minimum absolute atomic E-state index is 0.00756. The molecule has 28 heavy (non-hydrogen) atoms. The Morgan fingerprint density at radius 2 is 1.82 bits per heavy atom. The molecule has 1 heterocycles. The first-order chi connectivity index (χ1) is 13.3. The van der Waals surface area contributed by atoms with E-state index >= 15 is 0 Å². The second-order valence-corrected chi connectivity index (χ2v) is 9.02. The molecule has 0 bridgehead atoms. The molecular weight excluding hydrogens is 382 g/mol. The first-order valence-electron chi connectivity index (χ1n) is 9.65. The molecule has 154 valence electrons. The number of likely N-dealkylation sites (tertiary alicyclic amines) is 1. The van der Waals surface area contributed by atoms with Crippen LogP contribution in [0, 0.1) is 6.92 Å². The Labute approximate surface area is 165 Å². The average Bonchev–Trinajstić information content (AvgIpc) is 3.46. The Kier molecular flexibility index (Phi) is 6.24. The number of piperidine rings is 1. The summed E-state index contributed by atoms with van der Waals surface area (Å²) in [6.07, 6.45) is 2.63. The van der Waals surface area contributed by atoms with Crippen LogP contribution in [0.1, 0.15) is 48.5 Å². The number of ether oxygens (including phenoxy) is 1. The van der Waals surface area contributed by atoms with Gasteiger partial charge in [0.15, 0.2) is 0 Å². The van der Waals surface area contributed by atoms with Gasteiger partial charge in [-0.05, 0) is 57.2 Å². The van der Waals surface area contributed by atoms with Crippen LogP contribution in [0.4, 0.5) is 4.79 Å². The molecule has 0 aromatic heterocycles. The Hall–Kier alpha value is -2.13. The van der Waals surface area contributed by atoms with Crippen molar-refractivity contribution in [3.05, 3.63) is 29.3 Å². The van der Waals surface area contributed by atoms with Crippen LogP contribution in [0.5, 0.6) is 0 Å². The van der Waals surface area contributed by atoms with Gasteiger partial charge in [-0.15, -0.1) is 0 Å². The minimum Gasteiger partial charge on any atom is -0.450 e. The standard InChI is InChI=1S/C19H27N3O5S/c1-3-27-19(24)22-10-8-14(9-11-22)20-18(23)17-12-16(7-4-13(17)2)28(25,26)21-15-5-6-15/h4,7,12,14-15,21H,3,5-6,8-11H2,1-2H3,(H,20,23). The summed E-state index contributed by atoms with van der Waals surface area (Å²) in [6.45, 7) is 4.92. The van der Waals surface area contributed by atoms with Crippen LogP contribution >= 0.6 is 0 Å². The molecule has 0 unspecified atom stereocenters. The van der Waals surface area contributed by atoms with Gasteiger partial charge in [0.1, 0.15) is 0 Å². The van der Waals surface area contributed by atoms with E-state index in [-0.39, 0.29) is 29.0 Å². The van der Waals surface area contributed by atoms with Gasteiger partial charge in [-0.25, -0.2) is 17.9 Å². The van der Waals surface area contributed by atoms with E-state index < -0.39 is 10.0 Å². The zero-order valence-corrected chi connectivity index (χ0v) is 17.0. The van der Waals surface area contributed by atoms with Crippen LogP contribution in [0.25, 0.3) is 0 Å². The molecule has 1 aromatic rings. The number of carbonyl (C=O) groups excluding carboxylic acids is 2. The van der Waals surface area contributed by atoms with Gasteiger partial charge in [-0.2, -0.15) is 0 Å². The van der Waals surface area contributed by atoms with Crippen molar-refractivity contribution in [2.24, 2.45) is 0 Å². The Bertz CT molecular complexity index is 843. The molecule has 1 saturated heterocycles. The predicted molar refractivity (Wildman–Crippen MR) is 104 cm³/mol. The van der Waals surface area contributed by atoms with Gasteiger partial charge >= 0.3 is 6.09 Å².